The molecule has 2 heteroatoms. The predicted octanol–water partition coefficient (Wildman–Crippen LogP) is 6.99. The van der Waals surface area contributed by atoms with Crippen LogP contribution in [-0.4, -0.2) is 16.3 Å². The van der Waals surface area contributed by atoms with Crippen LogP contribution in [0.4, 0.5) is 0 Å². The molecule has 0 saturated heterocycles. The van der Waals surface area contributed by atoms with Gasteiger partial charge in [0, 0.05) is 11.3 Å². The van der Waals surface area contributed by atoms with Crippen molar-refractivity contribution in [3.63, 3.8) is 0 Å². The van der Waals surface area contributed by atoms with Gasteiger partial charge in [-0.1, -0.05) is 80.8 Å². The zero-order chi connectivity index (χ0) is 21.1. The van der Waals surface area contributed by atoms with Crippen molar-refractivity contribution in [2.45, 2.75) is 64.4 Å². The van der Waals surface area contributed by atoms with Gasteiger partial charge >= 0.3 is 0 Å². The summed E-state index contributed by atoms with van der Waals surface area (Å²) in [6.07, 6.45) is 8.55. The number of hydrogen-bond donors (Lipinski definition) is 2. The van der Waals surface area contributed by atoms with E-state index < -0.39 is 0 Å². The summed E-state index contributed by atoms with van der Waals surface area (Å²) >= 11 is 0. The monoisotopic (exact) mass is 402 g/mol. The number of aromatic hydroxyl groups is 1. The summed E-state index contributed by atoms with van der Waals surface area (Å²) in [5, 5.41) is 20.8. The Balaban J connectivity index is 1.80. The van der Waals surface area contributed by atoms with E-state index in [1.54, 1.807) is 12.1 Å². The zero-order valence-corrected chi connectivity index (χ0v) is 18.1. The molecular weight excluding hydrogens is 368 g/mol. The SMILES string of the molecule is C=C(c1ccc(O)cc1)[C@@]12CC[C@@H](O)[C@@H]1CC(CCCCCC)=C2c1ccccc1. The maximum atomic E-state index is 11.0. The van der Waals surface area contributed by atoms with E-state index in [0.29, 0.717) is 0 Å². The third-order valence-corrected chi connectivity index (χ3v) is 7.35. The van der Waals surface area contributed by atoms with Crippen LogP contribution in [0.3, 0.4) is 0 Å². The molecule has 0 amide bonds. The van der Waals surface area contributed by atoms with E-state index in [4.69, 9.17) is 0 Å². The van der Waals surface area contributed by atoms with Gasteiger partial charge in [0.25, 0.3) is 0 Å². The normalized spacial score (nSPS) is 25.5. The first-order valence-corrected chi connectivity index (χ1v) is 11.5. The summed E-state index contributed by atoms with van der Waals surface area (Å²) in [5.41, 5.74) is 6.14. The molecule has 2 nitrogen and oxygen atoms in total. The van der Waals surface area contributed by atoms with Crippen LogP contribution in [0, 0.1) is 11.3 Å². The summed E-state index contributed by atoms with van der Waals surface area (Å²) in [6.45, 7) is 6.85. The number of benzene rings is 2. The number of allylic oxidation sites excluding steroid dienone is 3. The van der Waals surface area contributed by atoms with Crippen molar-refractivity contribution < 1.29 is 10.2 Å². The Kier molecular flexibility index (Phi) is 6.15. The molecule has 4 rings (SSSR count). The maximum Gasteiger partial charge on any atom is 0.115 e. The number of unbranched alkanes of at least 4 members (excludes halogenated alkanes) is 3. The highest BCUT2D eigenvalue weighted by molar-refractivity contribution is 5.90. The summed E-state index contributed by atoms with van der Waals surface area (Å²) in [6, 6.07) is 18.2. The highest BCUT2D eigenvalue weighted by Gasteiger charge is 2.56. The van der Waals surface area contributed by atoms with Crippen molar-refractivity contribution in [2.24, 2.45) is 11.3 Å². The number of phenolic OH excluding ortho intramolecular Hbond substituents is 1. The fourth-order valence-electron chi connectivity index (χ4n) is 5.90. The zero-order valence-electron chi connectivity index (χ0n) is 18.1. The average Bonchev–Trinajstić information content (AvgIpc) is 3.27. The van der Waals surface area contributed by atoms with E-state index in [9.17, 15) is 10.2 Å². The van der Waals surface area contributed by atoms with Gasteiger partial charge in [0.05, 0.1) is 6.10 Å². The van der Waals surface area contributed by atoms with Gasteiger partial charge in [0.1, 0.15) is 5.75 Å². The Morgan fingerprint density at radius 2 is 1.77 bits per heavy atom. The van der Waals surface area contributed by atoms with Crippen LogP contribution in [-0.2, 0) is 0 Å². The molecule has 0 radical (unpaired) electrons. The van der Waals surface area contributed by atoms with E-state index >= 15 is 0 Å². The molecular formula is C28H34O2. The fourth-order valence-corrected chi connectivity index (χ4v) is 5.90. The van der Waals surface area contributed by atoms with Gasteiger partial charge in [-0.05, 0) is 66.5 Å². The van der Waals surface area contributed by atoms with E-state index in [1.807, 2.05) is 12.1 Å². The molecule has 2 N–H and O–H groups in total. The largest absolute Gasteiger partial charge is 0.508 e. The smallest absolute Gasteiger partial charge is 0.115 e. The molecule has 1 saturated carbocycles. The lowest BCUT2D eigenvalue weighted by molar-refractivity contribution is 0.120. The van der Waals surface area contributed by atoms with Gasteiger partial charge < -0.3 is 10.2 Å². The fraction of sp³-hybridized carbons (Fsp3) is 0.429. The third kappa shape index (κ3) is 3.63. The summed E-state index contributed by atoms with van der Waals surface area (Å²) < 4.78 is 0. The number of rotatable bonds is 8. The maximum absolute atomic E-state index is 11.0. The van der Waals surface area contributed by atoms with E-state index in [2.05, 4.69) is 43.8 Å². The van der Waals surface area contributed by atoms with Crippen LogP contribution in [0.25, 0.3) is 11.1 Å². The Morgan fingerprint density at radius 1 is 1.03 bits per heavy atom. The molecule has 3 atom stereocenters. The third-order valence-electron chi connectivity index (χ3n) is 7.35. The lowest BCUT2D eigenvalue weighted by Crippen LogP contribution is -2.29. The van der Waals surface area contributed by atoms with Crippen molar-refractivity contribution in [3.05, 3.63) is 77.9 Å². The Morgan fingerprint density at radius 3 is 2.47 bits per heavy atom. The number of aliphatic hydroxyl groups is 1. The average molecular weight is 403 g/mol. The highest BCUT2D eigenvalue weighted by Crippen LogP contribution is 2.66. The van der Waals surface area contributed by atoms with Gasteiger partial charge in [-0.3, -0.25) is 0 Å². The van der Waals surface area contributed by atoms with Crippen LogP contribution in [0.15, 0.2) is 66.7 Å². The second-order valence-corrected chi connectivity index (χ2v) is 9.07. The van der Waals surface area contributed by atoms with Gasteiger partial charge in [-0.2, -0.15) is 0 Å². The molecule has 0 spiro atoms. The molecule has 158 valence electrons. The minimum absolute atomic E-state index is 0.190. The van der Waals surface area contributed by atoms with Crippen LogP contribution < -0.4 is 0 Å². The molecule has 2 aliphatic carbocycles. The molecule has 0 aromatic heterocycles. The molecule has 0 heterocycles. The Labute approximate surface area is 181 Å². The lowest BCUT2D eigenvalue weighted by Gasteiger charge is -2.37. The number of fused-ring (bicyclic) bond motifs is 1. The highest BCUT2D eigenvalue weighted by atomic mass is 16.3. The molecule has 2 aromatic rings. The summed E-state index contributed by atoms with van der Waals surface area (Å²) in [5.74, 6) is 0.462. The van der Waals surface area contributed by atoms with Crippen LogP contribution in [0.1, 0.15) is 69.4 Å². The molecule has 2 aromatic carbocycles. The summed E-state index contributed by atoms with van der Waals surface area (Å²) in [4.78, 5) is 0. The Hall–Kier alpha value is -2.32. The predicted molar refractivity (Wildman–Crippen MR) is 125 cm³/mol. The number of aliphatic hydroxyl groups excluding tert-OH is 1. The van der Waals surface area contributed by atoms with E-state index in [0.717, 1.165) is 36.8 Å². The molecule has 30 heavy (non-hydrogen) atoms. The summed E-state index contributed by atoms with van der Waals surface area (Å²) in [7, 11) is 0. The van der Waals surface area contributed by atoms with Crippen molar-refractivity contribution >= 4 is 11.1 Å². The van der Waals surface area contributed by atoms with Crippen molar-refractivity contribution in [2.75, 3.05) is 0 Å². The Bertz CT molecular complexity index is 909. The standard InChI is InChI=1S/C28H34O2/c1-3-4-5-7-12-23-19-25-26(30)17-18-28(25,27(23)22-10-8-6-9-11-22)20(2)21-13-15-24(29)16-14-21/h6,8-11,13-16,25-26,29-30H,2-5,7,12,17-19H2,1H3/t25-,26+,28-/m0/s1. The molecule has 0 bridgehead atoms. The van der Waals surface area contributed by atoms with Crippen LogP contribution in [0.2, 0.25) is 0 Å². The minimum atomic E-state index is -0.286. The first-order valence-electron chi connectivity index (χ1n) is 11.5. The second-order valence-electron chi connectivity index (χ2n) is 9.07. The van der Waals surface area contributed by atoms with Gasteiger partial charge in [0.2, 0.25) is 0 Å². The quantitative estimate of drug-likeness (QED) is 0.467. The van der Waals surface area contributed by atoms with Gasteiger partial charge in [-0.15, -0.1) is 0 Å². The van der Waals surface area contributed by atoms with Crippen molar-refractivity contribution in [1.29, 1.82) is 0 Å². The first-order chi connectivity index (χ1) is 14.6. The first kappa shape index (κ1) is 20.9. The van der Waals surface area contributed by atoms with Gasteiger partial charge in [0.15, 0.2) is 0 Å². The minimum Gasteiger partial charge on any atom is -0.508 e. The molecule has 0 unspecified atom stereocenters. The van der Waals surface area contributed by atoms with Crippen LogP contribution >= 0.6 is 0 Å². The lowest BCUT2D eigenvalue weighted by atomic mass is 9.66. The van der Waals surface area contributed by atoms with E-state index in [-0.39, 0.29) is 23.2 Å². The molecule has 2 aliphatic rings. The number of phenols is 1. The van der Waals surface area contributed by atoms with Gasteiger partial charge in [-0.25, -0.2) is 0 Å². The van der Waals surface area contributed by atoms with E-state index in [1.165, 1.54) is 42.4 Å². The molecule has 1 fully saturated rings. The van der Waals surface area contributed by atoms with Crippen molar-refractivity contribution in [3.8, 4) is 5.75 Å². The molecule has 0 aliphatic heterocycles. The van der Waals surface area contributed by atoms with Crippen molar-refractivity contribution in [1.82, 2.24) is 0 Å². The second kappa shape index (κ2) is 8.81. The number of hydrogen-bond acceptors (Lipinski definition) is 2. The topological polar surface area (TPSA) is 40.5 Å². The van der Waals surface area contributed by atoms with Crippen LogP contribution in [0.5, 0.6) is 5.75 Å².